The first-order valence-electron chi connectivity index (χ1n) is 11.0. The molecule has 3 heterocycles. The highest BCUT2D eigenvalue weighted by atomic mass is 32.2. The van der Waals surface area contributed by atoms with Gasteiger partial charge in [0.1, 0.15) is 28.7 Å². The number of piperazine rings is 1. The Balaban J connectivity index is 1.36. The lowest BCUT2D eigenvalue weighted by atomic mass is 10.3. The number of aromatic nitrogens is 3. The highest BCUT2D eigenvalue weighted by molar-refractivity contribution is 7.89. The van der Waals surface area contributed by atoms with E-state index in [-0.39, 0.29) is 18.0 Å². The minimum atomic E-state index is -4.00. The minimum Gasteiger partial charge on any atom is -0.497 e. The van der Waals surface area contributed by atoms with Crippen LogP contribution in [0.1, 0.15) is 5.82 Å². The summed E-state index contributed by atoms with van der Waals surface area (Å²) in [5, 5.41) is 0. The Bertz CT molecular complexity index is 1450. The molecule has 11 heteroatoms. The van der Waals surface area contributed by atoms with Crippen LogP contribution in [0.2, 0.25) is 0 Å². The van der Waals surface area contributed by atoms with E-state index in [0.717, 1.165) is 40.6 Å². The molecule has 0 bridgehead atoms. The summed E-state index contributed by atoms with van der Waals surface area (Å²) in [4.78, 5) is 11.0. The molecule has 0 aliphatic carbocycles. The normalized spacial score (nSPS) is 15.5. The van der Waals surface area contributed by atoms with Gasteiger partial charge in [-0.25, -0.2) is 27.2 Å². The van der Waals surface area contributed by atoms with E-state index in [4.69, 9.17) is 9.72 Å². The monoisotopic (exact) mass is 499 g/mol. The van der Waals surface area contributed by atoms with Gasteiger partial charge < -0.3 is 4.74 Å². The quantitative estimate of drug-likeness (QED) is 0.405. The van der Waals surface area contributed by atoms with Crippen LogP contribution in [0.3, 0.4) is 0 Å². The minimum absolute atomic E-state index is 0.196. The van der Waals surface area contributed by atoms with Gasteiger partial charge in [0.2, 0.25) is 10.0 Å². The van der Waals surface area contributed by atoms with Crippen LogP contribution in [0.4, 0.5) is 8.78 Å². The number of hydrogen-bond donors (Lipinski definition) is 0. The molecule has 2 aromatic heterocycles. The molecule has 2 aromatic carbocycles. The maximum Gasteiger partial charge on any atom is 0.243 e. The molecule has 0 atom stereocenters. The molecule has 0 spiro atoms. The molecule has 4 aromatic rings. The van der Waals surface area contributed by atoms with Gasteiger partial charge in [-0.2, -0.15) is 4.31 Å². The highest BCUT2D eigenvalue weighted by Gasteiger charge is 2.30. The first-order chi connectivity index (χ1) is 16.8. The van der Waals surface area contributed by atoms with E-state index in [2.05, 4.69) is 9.88 Å². The zero-order chi connectivity index (χ0) is 24.6. The summed E-state index contributed by atoms with van der Waals surface area (Å²) in [6.07, 6.45) is 1.71. The van der Waals surface area contributed by atoms with Crippen molar-refractivity contribution in [1.82, 2.24) is 23.7 Å². The molecule has 1 saturated heterocycles. The summed E-state index contributed by atoms with van der Waals surface area (Å²) in [5.41, 5.74) is 2.37. The zero-order valence-electron chi connectivity index (χ0n) is 18.9. The van der Waals surface area contributed by atoms with Gasteiger partial charge in [0.15, 0.2) is 5.65 Å². The van der Waals surface area contributed by atoms with Gasteiger partial charge in [0, 0.05) is 44.1 Å². The molecule has 1 fully saturated rings. The van der Waals surface area contributed by atoms with Crippen molar-refractivity contribution < 1.29 is 21.9 Å². The Morgan fingerprint density at radius 1 is 0.971 bits per heavy atom. The fraction of sp³-hybridized carbons (Fsp3) is 0.250. The molecule has 0 radical (unpaired) electrons. The number of ether oxygens (including phenoxy) is 1. The fourth-order valence-corrected chi connectivity index (χ4v) is 5.69. The second-order valence-electron chi connectivity index (χ2n) is 8.19. The molecule has 8 nitrogen and oxygen atoms in total. The smallest absolute Gasteiger partial charge is 0.243 e. The van der Waals surface area contributed by atoms with Crippen LogP contribution in [0.15, 0.2) is 65.7 Å². The Labute approximate surface area is 201 Å². The van der Waals surface area contributed by atoms with E-state index in [1.807, 2.05) is 41.0 Å². The van der Waals surface area contributed by atoms with Gasteiger partial charge >= 0.3 is 0 Å². The second-order valence-corrected chi connectivity index (χ2v) is 10.1. The van der Waals surface area contributed by atoms with Crippen LogP contribution in [-0.4, -0.2) is 65.4 Å². The average molecular weight is 500 g/mol. The first kappa shape index (κ1) is 23.3. The van der Waals surface area contributed by atoms with Crippen molar-refractivity contribution in [2.75, 3.05) is 33.3 Å². The van der Waals surface area contributed by atoms with Crippen molar-refractivity contribution in [3.05, 3.63) is 78.3 Å². The number of benzene rings is 2. The molecule has 5 rings (SSSR count). The van der Waals surface area contributed by atoms with Crippen molar-refractivity contribution in [3.63, 3.8) is 0 Å². The lowest BCUT2D eigenvalue weighted by Crippen LogP contribution is -2.48. The van der Waals surface area contributed by atoms with Gasteiger partial charge in [-0.05, 0) is 48.5 Å². The van der Waals surface area contributed by atoms with Gasteiger partial charge in [-0.3, -0.25) is 9.47 Å². The Morgan fingerprint density at radius 2 is 1.66 bits per heavy atom. The van der Waals surface area contributed by atoms with Crippen molar-refractivity contribution in [2.24, 2.45) is 0 Å². The molecule has 0 N–H and O–H groups in total. The number of nitrogens with zero attached hydrogens (tertiary/aromatic N) is 5. The Morgan fingerprint density at radius 3 is 2.31 bits per heavy atom. The van der Waals surface area contributed by atoms with E-state index in [1.165, 1.54) is 4.31 Å². The predicted molar refractivity (Wildman–Crippen MR) is 126 cm³/mol. The van der Waals surface area contributed by atoms with Gasteiger partial charge in [-0.15, -0.1) is 0 Å². The number of halogens is 2. The highest BCUT2D eigenvalue weighted by Crippen LogP contribution is 2.24. The molecule has 0 unspecified atom stereocenters. The van der Waals surface area contributed by atoms with Crippen molar-refractivity contribution in [1.29, 1.82) is 0 Å². The van der Waals surface area contributed by atoms with Crippen molar-refractivity contribution in [2.45, 2.75) is 11.4 Å². The summed E-state index contributed by atoms with van der Waals surface area (Å²) in [5.74, 6) is -0.336. The molecule has 182 valence electrons. The van der Waals surface area contributed by atoms with Gasteiger partial charge in [-0.1, -0.05) is 0 Å². The van der Waals surface area contributed by atoms with Crippen LogP contribution in [0.5, 0.6) is 5.75 Å². The average Bonchev–Trinajstić information content (AvgIpc) is 3.21. The third kappa shape index (κ3) is 4.62. The number of pyridine rings is 1. The predicted octanol–water partition coefficient (Wildman–Crippen LogP) is 3.21. The van der Waals surface area contributed by atoms with Gasteiger partial charge in [0.05, 0.1) is 18.6 Å². The molecule has 1 aliphatic heterocycles. The third-order valence-corrected chi connectivity index (χ3v) is 7.86. The molecule has 35 heavy (non-hydrogen) atoms. The Kier molecular flexibility index (Phi) is 6.22. The van der Waals surface area contributed by atoms with E-state index in [0.29, 0.717) is 25.7 Å². The number of sulfonamides is 1. The molecule has 0 saturated carbocycles. The van der Waals surface area contributed by atoms with Crippen molar-refractivity contribution in [3.8, 4) is 11.4 Å². The summed E-state index contributed by atoms with van der Waals surface area (Å²) in [6.45, 7) is 1.75. The second kappa shape index (κ2) is 9.33. The van der Waals surface area contributed by atoms with Crippen LogP contribution >= 0.6 is 0 Å². The first-order valence-corrected chi connectivity index (χ1v) is 12.4. The molecular weight excluding hydrogens is 476 g/mol. The summed E-state index contributed by atoms with van der Waals surface area (Å²) < 4.78 is 61.5. The number of rotatable bonds is 6. The van der Waals surface area contributed by atoms with Crippen LogP contribution in [0.25, 0.3) is 16.9 Å². The van der Waals surface area contributed by atoms with E-state index in [1.54, 1.807) is 13.3 Å². The molecular formula is C24H23F2N5O3S. The molecule has 0 amide bonds. The lowest BCUT2D eigenvalue weighted by molar-refractivity contribution is 0.177. The van der Waals surface area contributed by atoms with Gasteiger partial charge in [0.25, 0.3) is 0 Å². The van der Waals surface area contributed by atoms with Crippen LogP contribution in [-0.2, 0) is 16.6 Å². The Hall–Kier alpha value is -3.41. The topological polar surface area (TPSA) is 80.6 Å². The van der Waals surface area contributed by atoms with Crippen LogP contribution < -0.4 is 4.74 Å². The standard InChI is InChI=1S/C24H23F2N5O3S/c1-34-20-6-4-19(5-7-20)31-23(28-22-3-2-8-27-24(22)31)16-29-9-11-30(12-10-29)35(32,33)21-14-17(25)13-18(26)15-21/h2-8,13-15H,9-12,16H2,1H3. The maximum absolute atomic E-state index is 13.6. The number of imidazole rings is 1. The molecule has 1 aliphatic rings. The number of fused-ring (bicyclic) bond motifs is 1. The zero-order valence-corrected chi connectivity index (χ0v) is 19.8. The summed E-state index contributed by atoms with van der Waals surface area (Å²) in [7, 11) is -2.39. The van der Waals surface area contributed by atoms with E-state index in [9.17, 15) is 17.2 Å². The number of methoxy groups -OCH3 is 1. The largest absolute Gasteiger partial charge is 0.497 e. The third-order valence-electron chi connectivity index (χ3n) is 5.99. The lowest BCUT2D eigenvalue weighted by Gasteiger charge is -2.33. The van der Waals surface area contributed by atoms with E-state index < -0.39 is 21.7 Å². The van der Waals surface area contributed by atoms with E-state index >= 15 is 0 Å². The summed E-state index contributed by atoms with van der Waals surface area (Å²) in [6, 6.07) is 13.7. The maximum atomic E-state index is 13.6. The van der Waals surface area contributed by atoms with Crippen LogP contribution in [0, 0.1) is 11.6 Å². The van der Waals surface area contributed by atoms with Crippen molar-refractivity contribution >= 4 is 21.2 Å². The fourth-order valence-electron chi connectivity index (χ4n) is 4.22. The number of hydrogen-bond acceptors (Lipinski definition) is 6. The SMILES string of the molecule is COc1ccc(-n2c(CN3CCN(S(=O)(=O)c4cc(F)cc(F)c4)CC3)nc3cccnc32)cc1. The summed E-state index contributed by atoms with van der Waals surface area (Å²) >= 11 is 0.